The molecule has 1 aromatic heterocycles. The quantitative estimate of drug-likeness (QED) is 0.779. The van der Waals surface area contributed by atoms with Crippen molar-refractivity contribution in [1.82, 2.24) is 9.29 Å². The summed E-state index contributed by atoms with van der Waals surface area (Å²) >= 11 is 0. The molecule has 3 rings (SSSR count). The lowest BCUT2D eigenvalue weighted by atomic mass is 9.86. The molecule has 1 aromatic carbocycles. The summed E-state index contributed by atoms with van der Waals surface area (Å²) in [5, 5.41) is 3.53. The SMILES string of the molecule is CC(C)(C)S(=O)(=O)NC1CCC(CNc2ccc(-n3cccc3)cc2)CC1. The molecule has 1 aliphatic rings. The van der Waals surface area contributed by atoms with Crippen molar-refractivity contribution < 1.29 is 8.42 Å². The monoisotopic (exact) mass is 389 g/mol. The van der Waals surface area contributed by atoms with Gasteiger partial charge in [0.1, 0.15) is 0 Å². The van der Waals surface area contributed by atoms with E-state index in [0.717, 1.165) is 43.6 Å². The molecule has 6 heteroatoms. The third-order valence-corrected chi connectivity index (χ3v) is 7.60. The first-order valence-electron chi connectivity index (χ1n) is 9.74. The van der Waals surface area contributed by atoms with Gasteiger partial charge in [-0.05, 0) is 88.8 Å². The van der Waals surface area contributed by atoms with Gasteiger partial charge in [0.2, 0.25) is 10.0 Å². The molecule has 0 atom stereocenters. The van der Waals surface area contributed by atoms with Gasteiger partial charge in [-0.3, -0.25) is 0 Å². The summed E-state index contributed by atoms with van der Waals surface area (Å²) in [6.45, 7) is 6.16. The van der Waals surface area contributed by atoms with Gasteiger partial charge in [-0.1, -0.05) is 0 Å². The highest BCUT2D eigenvalue weighted by Crippen LogP contribution is 2.27. The van der Waals surface area contributed by atoms with E-state index in [1.807, 2.05) is 24.5 Å². The maximum atomic E-state index is 12.3. The second kappa shape index (κ2) is 8.07. The summed E-state index contributed by atoms with van der Waals surface area (Å²) in [6, 6.07) is 12.6. The highest BCUT2D eigenvalue weighted by molar-refractivity contribution is 7.90. The highest BCUT2D eigenvalue weighted by atomic mass is 32.2. The van der Waals surface area contributed by atoms with Gasteiger partial charge in [0.05, 0.1) is 4.75 Å². The molecule has 1 fully saturated rings. The van der Waals surface area contributed by atoms with Crippen LogP contribution in [-0.4, -0.2) is 30.3 Å². The number of nitrogens with one attached hydrogen (secondary N) is 2. The number of anilines is 1. The van der Waals surface area contributed by atoms with Crippen LogP contribution in [0.4, 0.5) is 5.69 Å². The number of benzene rings is 1. The largest absolute Gasteiger partial charge is 0.385 e. The average molecular weight is 390 g/mol. The summed E-state index contributed by atoms with van der Waals surface area (Å²) in [4.78, 5) is 0. The number of aromatic nitrogens is 1. The molecule has 148 valence electrons. The lowest BCUT2D eigenvalue weighted by Crippen LogP contribution is -2.46. The fourth-order valence-electron chi connectivity index (χ4n) is 3.40. The molecule has 2 N–H and O–H groups in total. The number of rotatable bonds is 6. The minimum Gasteiger partial charge on any atom is -0.385 e. The molecule has 0 spiro atoms. The summed E-state index contributed by atoms with van der Waals surface area (Å²) in [7, 11) is -3.26. The molecule has 0 radical (unpaired) electrons. The minimum atomic E-state index is -3.26. The highest BCUT2D eigenvalue weighted by Gasteiger charge is 2.32. The molecule has 0 bridgehead atoms. The van der Waals surface area contributed by atoms with Gasteiger partial charge in [-0.15, -0.1) is 0 Å². The molecule has 5 nitrogen and oxygen atoms in total. The predicted molar refractivity (Wildman–Crippen MR) is 112 cm³/mol. The molecular weight excluding hydrogens is 358 g/mol. The molecule has 0 amide bonds. The zero-order valence-electron chi connectivity index (χ0n) is 16.5. The number of sulfonamides is 1. The van der Waals surface area contributed by atoms with E-state index in [2.05, 4.69) is 38.9 Å². The Labute approximate surface area is 163 Å². The van der Waals surface area contributed by atoms with Crippen LogP contribution in [-0.2, 0) is 10.0 Å². The van der Waals surface area contributed by atoms with Crippen LogP contribution >= 0.6 is 0 Å². The third-order valence-electron chi connectivity index (χ3n) is 5.34. The molecule has 27 heavy (non-hydrogen) atoms. The van der Waals surface area contributed by atoms with Crippen LogP contribution in [0.25, 0.3) is 5.69 Å². The smallest absolute Gasteiger partial charge is 0.216 e. The van der Waals surface area contributed by atoms with Crippen LogP contribution in [0.2, 0.25) is 0 Å². The first-order chi connectivity index (χ1) is 12.7. The van der Waals surface area contributed by atoms with Crippen LogP contribution in [0.15, 0.2) is 48.8 Å². The van der Waals surface area contributed by atoms with Gasteiger partial charge in [0.25, 0.3) is 0 Å². The van der Waals surface area contributed by atoms with Gasteiger partial charge in [0.15, 0.2) is 0 Å². The third kappa shape index (κ3) is 5.14. The van der Waals surface area contributed by atoms with Crippen LogP contribution in [0.1, 0.15) is 46.5 Å². The van der Waals surface area contributed by atoms with Crippen molar-refractivity contribution in [2.75, 3.05) is 11.9 Å². The van der Waals surface area contributed by atoms with E-state index in [0.29, 0.717) is 5.92 Å². The first kappa shape index (κ1) is 20.0. The zero-order valence-corrected chi connectivity index (χ0v) is 17.3. The standard InChI is InChI=1S/C21H31N3O2S/c1-21(2,3)27(25,26)23-19-8-6-17(7-9-19)16-22-18-10-12-20(13-11-18)24-14-4-5-15-24/h4-5,10-15,17,19,22-23H,6-9,16H2,1-3H3. The van der Waals surface area contributed by atoms with E-state index in [1.54, 1.807) is 20.8 Å². The maximum Gasteiger partial charge on any atom is 0.216 e. The number of hydrogen-bond acceptors (Lipinski definition) is 3. The van der Waals surface area contributed by atoms with Crippen molar-refractivity contribution in [2.45, 2.75) is 57.2 Å². The van der Waals surface area contributed by atoms with Crippen molar-refractivity contribution in [1.29, 1.82) is 0 Å². The van der Waals surface area contributed by atoms with Gasteiger partial charge in [-0.25, -0.2) is 13.1 Å². The van der Waals surface area contributed by atoms with E-state index < -0.39 is 14.8 Å². The van der Waals surface area contributed by atoms with Gasteiger partial charge in [-0.2, -0.15) is 0 Å². The molecule has 0 unspecified atom stereocenters. The second-order valence-electron chi connectivity index (χ2n) is 8.47. The van der Waals surface area contributed by atoms with E-state index in [1.165, 1.54) is 0 Å². The Bertz CT molecular complexity index is 813. The fourth-order valence-corrected chi connectivity index (χ4v) is 4.43. The van der Waals surface area contributed by atoms with Gasteiger partial charge < -0.3 is 9.88 Å². The van der Waals surface area contributed by atoms with Crippen molar-refractivity contribution in [2.24, 2.45) is 5.92 Å². The van der Waals surface area contributed by atoms with E-state index in [9.17, 15) is 8.42 Å². The topological polar surface area (TPSA) is 63.1 Å². The van der Waals surface area contributed by atoms with Crippen LogP contribution < -0.4 is 10.0 Å². The lowest BCUT2D eigenvalue weighted by molar-refractivity contribution is 0.322. The molecule has 1 heterocycles. The van der Waals surface area contributed by atoms with Crippen molar-refractivity contribution in [3.63, 3.8) is 0 Å². The molecule has 1 saturated carbocycles. The molecule has 1 aliphatic carbocycles. The second-order valence-corrected chi connectivity index (χ2v) is 10.9. The maximum absolute atomic E-state index is 12.3. The van der Waals surface area contributed by atoms with E-state index >= 15 is 0 Å². The molecular formula is C21H31N3O2S. The Balaban J connectivity index is 1.45. The Morgan fingerprint density at radius 1 is 1.00 bits per heavy atom. The molecule has 2 aromatic rings. The van der Waals surface area contributed by atoms with Gasteiger partial charge >= 0.3 is 0 Å². The molecule has 0 aliphatic heterocycles. The summed E-state index contributed by atoms with van der Waals surface area (Å²) in [5.74, 6) is 0.588. The predicted octanol–water partition coefficient (Wildman–Crippen LogP) is 4.17. The van der Waals surface area contributed by atoms with E-state index in [-0.39, 0.29) is 6.04 Å². The van der Waals surface area contributed by atoms with Crippen molar-refractivity contribution >= 4 is 15.7 Å². The summed E-state index contributed by atoms with van der Waals surface area (Å²) in [6.07, 6.45) is 7.99. The summed E-state index contributed by atoms with van der Waals surface area (Å²) < 4.78 is 28.8. The first-order valence-corrected chi connectivity index (χ1v) is 11.2. The summed E-state index contributed by atoms with van der Waals surface area (Å²) in [5.41, 5.74) is 2.28. The Hall–Kier alpha value is -1.79. The molecule has 0 saturated heterocycles. The number of hydrogen-bond donors (Lipinski definition) is 2. The van der Waals surface area contributed by atoms with Crippen molar-refractivity contribution in [3.8, 4) is 5.69 Å². The Kier molecular flexibility index (Phi) is 5.96. The Morgan fingerprint density at radius 2 is 1.59 bits per heavy atom. The lowest BCUT2D eigenvalue weighted by Gasteiger charge is -2.31. The van der Waals surface area contributed by atoms with Crippen molar-refractivity contribution in [3.05, 3.63) is 48.8 Å². The van der Waals surface area contributed by atoms with Crippen LogP contribution in [0.3, 0.4) is 0 Å². The number of nitrogens with zero attached hydrogens (tertiary/aromatic N) is 1. The van der Waals surface area contributed by atoms with Crippen LogP contribution in [0.5, 0.6) is 0 Å². The Morgan fingerprint density at radius 3 is 2.15 bits per heavy atom. The minimum absolute atomic E-state index is 0.0753. The normalized spacial score (nSPS) is 21.1. The zero-order chi connectivity index (χ0) is 19.5. The van der Waals surface area contributed by atoms with E-state index in [4.69, 9.17) is 0 Å². The van der Waals surface area contributed by atoms with Crippen LogP contribution in [0, 0.1) is 5.92 Å². The van der Waals surface area contributed by atoms with Gasteiger partial charge in [0, 0.05) is 36.4 Å². The fraction of sp³-hybridized carbons (Fsp3) is 0.524. The average Bonchev–Trinajstić information content (AvgIpc) is 3.15.